The van der Waals surface area contributed by atoms with E-state index in [-0.39, 0.29) is 46.1 Å². The number of hydrogen-bond acceptors (Lipinski definition) is 5. The van der Waals surface area contributed by atoms with E-state index in [0.29, 0.717) is 23.7 Å². The summed E-state index contributed by atoms with van der Waals surface area (Å²) in [6, 6.07) is 0. The van der Waals surface area contributed by atoms with E-state index >= 15 is 0 Å². The molecule has 0 radical (unpaired) electrons. The maximum Gasteiger partial charge on any atom is 0.302 e. The van der Waals surface area contributed by atoms with Gasteiger partial charge in [-0.1, -0.05) is 41.0 Å². The largest absolute Gasteiger partial charge is 0.462 e. The van der Waals surface area contributed by atoms with Gasteiger partial charge in [-0.3, -0.25) is 9.59 Å². The molecule has 0 bridgehead atoms. The van der Waals surface area contributed by atoms with Crippen molar-refractivity contribution < 1.29 is 23.5 Å². The van der Waals surface area contributed by atoms with Gasteiger partial charge in [-0.15, -0.1) is 0 Å². The first-order valence-electron chi connectivity index (χ1n) is 14.1. The summed E-state index contributed by atoms with van der Waals surface area (Å²) in [6.45, 7) is 19.7. The molecule has 0 saturated heterocycles. The highest BCUT2D eigenvalue weighted by atomic mass is 28.4. The third-order valence-electron chi connectivity index (χ3n) is 11.4. The Morgan fingerprint density at radius 3 is 2.09 bits per heavy atom. The molecule has 4 aliphatic carbocycles. The van der Waals surface area contributed by atoms with Gasteiger partial charge in [0, 0.05) is 30.6 Å². The Morgan fingerprint density at radius 2 is 1.49 bits per heavy atom. The van der Waals surface area contributed by atoms with Crippen molar-refractivity contribution in [2.45, 2.75) is 136 Å². The Hall–Kier alpha value is -0.883. The summed E-state index contributed by atoms with van der Waals surface area (Å²) in [5.41, 5.74) is 0.0128. The minimum atomic E-state index is -1.96. The van der Waals surface area contributed by atoms with Crippen LogP contribution in [0.2, 0.25) is 18.1 Å². The first kappa shape index (κ1) is 27.2. The average Bonchev–Trinajstić information content (AvgIpc) is 3.03. The highest BCUT2D eigenvalue weighted by Crippen LogP contribution is 2.67. The van der Waals surface area contributed by atoms with Crippen molar-refractivity contribution in [3.8, 4) is 0 Å². The predicted molar refractivity (Wildman–Crippen MR) is 140 cm³/mol. The van der Waals surface area contributed by atoms with Crippen molar-refractivity contribution >= 4 is 20.3 Å². The predicted octanol–water partition coefficient (Wildman–Crippen LogP) is 6.89. The third kappa shape index (κ3) is 4.53. The molecule has 0 aromatic rings. The SMILES string of the molecule is CC(=O)O[C@H]1C[C@H]2[C@@H]3CC[C@H](OC(C)=O)[C@@]3(C)CC[C@@H]2[C@@]2(C)C(O[Si](C)(C)C(C)(C)C)CCC[C@H]12. The molecule has 200 valence electrons. The number of rotatable bonds is 4. The molecule has 6 heteroatoms. The number of carbonyl (C=O) groups is 2. The van der Waals surface area contributed by atoms with Crippen molar-refractivity contribution in [1.29, 1.82) is 0 Å². The minimum absolute atomic E-state index is 0.00233. The minimum Gasteiger partial charge on any atom is -0.462 e. The highest BCUT2D eigenvalue weighted by molar-refractivity contribution is 6.74. The van der Waals surface area contributed by atoms with Crippen LogP contribution in [0.3, 0.4) is 0 Å². The summed E-state index contributed by atoms with van der Waals surface area (Å²) in [7, 11) is -1.96. The van der Waals surface area contributed by atoms with Crippen LogP contribution in [0.15, 0.2) is 0 Å². The Labute approximate surface area is 214 Å². The van der Waals surface area contributed by atoms with Gasteiger partial charge < -0.3 is 13.9 Å². The highest BCUT2D eigenvalue weighted by Gasteiger charge is 2.65. The second kappa shape index (κ2) is 9.15. The van der Waals surface area contributed by atoms with Crippen molar-refractivity contribution in [3.63, 3.8) is 0 Å². The van der Waals surface area contributed by atoms with Gasteiger partial charge in [0.1, 0.15) is 12.2 Å². The van der Waals surface area contributed by atoms with Gasteiger partial charge in [-0.2, -0.15) is 0 Å². The standard InChI is InChI=1S/C29H50O5Si/c1-18(30)32-24-17-20-21-13-14-25(33-19(2)31)28(21,6)16-15-22(20)29(7)23(24)11-10-12-26(29)34-35(8,9)27(3,4)5/h20-26H,10-17H2,1-9H3/t20-,21-,22-,23+,24-,25-,26?,28-,29+/m0/s1. The first-order chi connectivity index (χ1) is 16.1. The van der Waals surface area contributed by atoms with E-state index < -0.39 is 8.32 Å². The molecule has 4 aliphatic rings. The van der Waals surface area contributed by atoms with Gasteiger partial charge in [0.05, 0.1) is 6.10 Å². The maximum absolute atomic E-state index is 12.3. The monoisotopic (exact) mass is 506 g/mol. The lowest BCUT2D eigenvalue weighted by Crippen LogP contribution is -2.64. The fraction of sp³-hybridized carbons (Fsp3) is 0.931. The summed E-state index contributed by atoms with van der Waals surface area (Å²) in [6.07, 6.45) is 8.78. The van der Waals surface area contributed by atoms with E-state index in [4.69, 9.17) is 13.9 Å². The molecule has 4 rings (SSSR count). The number of hydrogen-bond donors (Lipinski definition) is 0. The zero-order valence-corrected chi connectivity index (χ0v) is 24.7. The van der Waals surface area contributed by atoms with Gasteiger partial charge in [0.15, 0.2) is 8.32 Å². The molecule has 0 aliphatic heterocycles. The van der Waals surface area contributed by atoms with Crippen LogP contribution in [0.5, 0.6) is 0 Å². The Bertz CT molecular complexity index is 833. The Morgan fingerprint density at radius 1 is 0.829 bits per heavy atom. The normalized spacial score (nSPS) is 43.5. The smallest absolute Gasteiger partial charge is 0.302 e. The van der Waals surface area contributed by atoms with Crippen molar-refractivity contribution in [2.75, 3.05) is 0 Å². The summed E-state index contributed by atoms with van der Waals surface area (Å²) >= 11 is 0. The molecule has 0 amide bonds. The topological polar surface area (TPSA) is 61.8 Å². The van der Waals surface area contributed by atoms with Crippen molar-refractivity contribution in [1.82, 2.24) is 0 Å². The molecular formula is C29H50O5Si. The van der Waals surface area contributed by atoms with Crippen LogP contribution in [0, 0.1) is 34.5 Å². The molecule has 0 aromatic heterocycles. The van der Waals surface area contributed by atoms with E-state index in [0.717, 1.165) is 51.4 Å². The summed E-state index contributed by atoms with van der Waals surface area (Å²) in [5, 5.41) is 0.160. The van der Waals surface area contributed by atoms with Gasteiger partial charge in [0.2, 0.25) is 0 Å². The number of fused-ring (bicyclic) bond motifs is 5. The van der Waals surface area contributed by atoms with E-state index in [1.165, 1.54) is 6.92 Å². The lowest BCUT2D eigenvalue weighted by atomic mass is 9.44. The van der Waals surface area contributed by atoms with Crippen LogP contribution in [-0.4, -0.2) is 38.6 Å². The molecule has 0 heterocycles. The van der Waals surface area contributed by atoms with E-state index in [9.17, 15) is 9.59 Å². The summed E-state index contributed by atoms with van der Waals surface area (Å²) in [5.74, 6) is 1.56. The lowest BCUT2D eigenvalue weighted by molar-refractivity contribution is -0.211. The van der Waals surface area contributed by atoms with Crippen LogP contribution in [0.4, 0.5) is 0 Å². The molecule has 4 saturated carbocycles. The molecule has 9 atom stereocenters. The fourth-order valence-electron chi connectivity index (χ4n) is 8.71. The molecule has 35 heavy (non-hydrogen) atoms. The molecule has 0 aromatic carbocycles. The summed E-state index contributed by atoms with van der Waals surface area (Å²) < 4.78 is 19.2. The van der Waals surface area contributed by atoms with Gasteiger partial charge in [-0.05, 0) is 80.8 Å². The molecular weight excluding hydrogens is 456 g/mol. The number of ether oxygens (including phenoxy) is 2. The maximum atomic E-state index is 12.3. The van der Waals surface area contributed by atoms with Crippen LogP contribution in [0.1, 0.15) is 99.8 Å². The zero-order valence-electron chi connectivity index (χ0n) is 23.7. The molecule has 0 spiro atoms. The lowest BCUT2D eigenvalue weighted by Gasteiger charge is -2.64. The molecule has 5 nitrogen and oxygen atoms in total. The second-order valence-corrected chi connectivity index (χ2v) is 19.0. The molecule has 1 unspecified atom stereocenters. The summed E-state index contributed by atoms with van der Waals surface area (Å²) in [4.78, 5) is 24.1. The quantitative estimate of drug-likeness (QED) is 0.307. The number of esters is 2. The molecule has 4 fully saturated rings. The van der Waals surface area contributed by atoms with Gasteiger partial charge >= 0.3 is 11.9 Å². The fourth-order valence-corrected chi connectivity index (χ4v) is 10.1. The van der Waals surface area contributed by atoms with Crippen LogP contribution in [0.25, 0.3) is 0 Å². The average molecular weight is 507 g/mol. The first-order valence-corrected chi connectivity index (χ1v) is 17.0. The van der Waals surface area contributed by atoms with Crippen molar-refractivity contribution in [3.05, 3.63) is 0 Å². The number of carbonyl (C=O) groups excluding carboxylic acids is 2. The molecule has 0 N–H and O–H groups in total. The van der Waals surface area contributed by atoms with Crippen LogP contribution in [-0.2, 0) is 23.5 Å². The Balaban J connectivity index is 1.71. The second-order valence-electron chi connectivity index (χ2n) is 14.3. The third-order valence-corrected chi connectivity index (χ3v) is 15.9. The van der Waals surface area contributed by atoms with Crippen molar-refractivity contribution in [2.24, 2.45) is 34.5 Å². The van der Waals surface area contributed by atoms with Crippen LogP contribution < -0.4 is 0 Å². The van der Waals surface area contributed by atoms with Crippen LogP contribution >= 0.6 is 0 Å². The van der Waals surface area contributed by atoms with E-state index in [1.54, 1.807) is 6.92 Å². The van der Waals surface area contributed by atoms with Gasteiger partial charge in [-0.25, -0.2) is 0 Å². The zero-order chi connectivity index (χ0) is 26.0. The van der Waals surface area contributed by atoms with E-state index in [2.05, 4.69) is 47.7 Å². The van der Waals surface area contributed by atoms with Gasteiger partial charge in [0.25, 0.3) is 0 Å². The Kier molecular flexibility index (Phi) is 7.10. The van der Waals surface area contributed by atoms with E-state index in [1.807, 2.05) is 0 Å².